The average Bonchev–Trinajstić information content (AvgIpc) is 2.92. The van der Waals surface area contributed by atoms with Gasteiger partial charge in [0.15, 0.2) is 0 Å². The number of carbonyl (C=O) groups is 1. The summed E-state index contributed by atoms with van der Waals surface area (Å²) < 4.78 is 2.25. The largest absolute Gasteiger partial charge is 0.344 e. The predicted molar refractivity (Wildman–Crippen MR) is 113 cm³/mol. The van der Waals surface area contributed by atoms with Gasteiger partial charge in [0.2, 0.25) is 0 Å². The molecule has 3 rings (SSSR count). The van der Waals surface area contributed by atoms with E-state index >= 15 is 0 Å². The van der Waals surface area contributed by atoms with Crippen LogP contribution in [0.3, 0.4) is 0 Å². The maximum atomic E-state index is 12.4. The summed E-state index contributed by atoms with van der Waals surface area (Å²) in [5.41, 5.74) is 7.88. The summed E-state index contributed by atoms with van der Waals surface area (Å²) in [5.74, 6) is -0.205. The summed E-state index contributed by atoms with van der Waals surface area (Å²) in [5, 5.41) is 5.35. The molecular weight excluding hydrogens is 334 g/mol. The molecule has 1 heterocycles. The minimum Gasteiger partial charge on any atom is -0.344 e. The number of fused-ring (bicyclic) bond motifs is 1. The highest BCUT2D eigenvalue weighted by Crippen LogP contribution is 2.24. The van der Waals surface area contributed by atoms with E-state index in [-0.39, 0.29) is 11.3 Å². The topological polar surface area (TPSA) is 46.4 Å². The average molecular weight is 361 g/mol. The Balaban J connectivity index is 1.79. The maximum absolute atomic E-state index is 12.4. The summed E-state index contributed by atoms with van der Waals surface area (Å²) in [7, 11) is 0. The number of aryl methyl sites for hydroxylation is 1. The first-order valence-corrected chi connectivity index (χ1v) is 9.34. The molecule has 1 aromatic heterocycles. The monoisotopic (exact) mass is 361 g/mol. The number of nitrogens with zero attached hydrogens (tertiary/aromatic N) is 2. The molecule has 1 N–H and O–H groups in total. The van der Waals surface area contributed by atoms with Crippen LogP contribution in [0.4, 0.5) is 0 Å². The van der Waals surface area contributed by atoms with Crippen LogP contribution in [0.15, 0.2) is 53.6 Å². The Kier molecular flexibility index (Phi) is 5.17. The third-order valence-electron chi connectivity index (χ3n) is 4.97. The zero-order valence-corrected chi connectivity index (χ0v) is 16.7. The molecule has 0 aliphatic heterocycles. The molecule has 0 spiro atoms. The second-order valence-electron chi connectivity index (χ2n) is 7.79. The van der Waals surface area contributed by atoms with E-state index in [9.17, 15) is 4.79 Å². The predicted octanol–water partition coefficient (Wildman–Crippen LogP) is 5.03. The molecule has 0 bridgehead atoms. The highest BCUT2D eigenvalue weighted by atomic mass is 16.2. The van der Waals surface area contributed by atoms with E-state index in [1.807, 2.05) is 36.4 Å². The lowest BCUT2D eigenvalue weighted by atomic mass is 9.87. The van der Waals surface area contributed by atoms with E-state index in [4.69, 9.17) is 0 Å². The van der Waals surface area contributed by atoms with Crippen LogP contribution in [-0.2, 0) is 12.0 Å². The van der Waals surface area contributed by atoms with Crippen LogP contribution in [0.5, 0.6) is 0 Å². The van der Waals surface area contributed by atoms with Gasteiger partial charge < -0.3 is 4.57 Å². The number of hydrogen-bond donors (Lipinski definition) is 1. The lowest BCUT2D eigenvalue weighted by Gasteiger charge is -2.18. The normalized spacial score (nSPS) is 12.0. The molecule has 0 saturated heterocycles. The van der Waals surface area contributed by atoms with Gasteiger partial charge in [0.05, 0.1) is 6.21 Å². The number of amides is 1. The van der Waals surface area contributed by atoms with Crippen LogP contribution in [-0.4, -0.2) is 16.7 Å². The van der Waals surface area contributed by atoms with Crippen LogP contribution in [0.25, 0.3) is 10.9 Å². The molecule has 0 aliphatic rings. The van der Waals surface area contributed by atoms with E-state index in [1.54, 1.807) is 6.21 Å². The molecule has 0 unspecified atom stereocenters. The number of rotatable bonds is 4. The third kappa shape index (κ3) is 3.80. The van der Waals surface area contributed by atoms with E-state index in [2.05, 4.69) is 61.8 Å². The molecule has 0 saturated carbocycles. The molecule has 0 aliphatic carbocycles. The van der Waals surface area contributed by atoms with Gasteiger partial charge in [-0.05, 0) is 43.0 Å². The van der Waals surface area contributed by atoms with Crippen molar-refractivity contribution in [3.8, 4) is 0 Å². The molecule has 0 fully saturated rings. The van der Waals surface area contributed by atoms with Crippen LogP contribution in [0, 0.1) is 6.92 Å². The third-order valence-corrected chi connectivity index (χ3v) is 4.97. The highest BCUT2D eigenvalue weighted by molar-refractivity contribution is 6.02. The second kappa shape index (κ2) is 7.39. The molecule has 1 amide bonds. The van der Waals surface area contributed by atoms with Crippen LogP contribution < -0.4 is 5.43 Å². The maximum Gasteiger partial charge on any atom is 0.271 e. The smallest absolute Gasteiger partial charge is 0.271 e. The SMILES string of the molecule is CCn1c(C)c(/C=N\NC(=O)c2ccc(C(C)(C)C)cc2)c2ccccc21. The Labute approximate surface area is 160 Å². The molecule has 27 heavy (non-hydrogen) atoms. The van der Waals surface area contributed by atoms with Crippen molar-refractivity contribution < 1.29 is 4.79 Å². The summed E-state index contributed by atoms with van der Waals surface area (Å²) in [6, 6.07) is 15.9. The number of carbonyl (C=O) groups excluding carboxylic acids is 1. The van der Waals surface area contributed by atoms with E-state index in [1.165, 1.54) is 11.1 Å². The highest BCUT2D eigenvalue weighted by Gasteiger charge is 2.14. The lowest BCUT2D eigenvalue weighted by molar-refractivity contribution is 0.0955. The molecular formula is C23H27N3O. The van der Waals surface area contributed by atoms with Gasteiger partial charge in [-0.15, -0.1) is 0 Å². The minimum atomic E-state index is -0.205. The first-order valence-electron chi connectivity index (χ1n) is 9.34. The zero-order chi connectivity index (χ0) is 19.6. The standard InChI is InChI=1S/C23H27N3O/c1-6-26-16(2)20(19-9-7-8-10-21(19)26)15-24-25-22(27)17-11-13-18(14-12-17)23(3,4)5/h7-15H,6H2,1-5H3,(H,25,27)/b24-15-. The van der Waals surface area contributed by atoms with Crippen molar-refractivity contribution in [2.75, 3.05) is 0 Å². The Morgan fingerprint density at radius 3 is 2.41 bits per heavy atom. The van der Waals surface area contributed by atoms with Crippen LogP contribution in [0.2, 0.25) is 0 Å². The van der Waals surface area contributed by atoms with Crippen LogP contribution in [0.1, 0.15) is 54.9 Å². The summed E-state index contributed by atoms with van der Waals surface area (Å²) in [4.78, 5) is 12.4. The molecule has 0 radical (unpaired) electrons. The van der Waals surface area contributed by atoms with E-state index in [0.29, 0.717) is 5.56 Å². The van der Waals surface area contributed by atoms with Crippen molar-refractivity contribution in [3.63, 3.8) is 0 Å². The van der Waals surface area contributed by atoms with Gasteiger partial charge in [-0.2, -0.15) is 5.10 Å². The zero-order valence-electron chi connectivity index (χ0n) is 16.7. The van der Waals surface area contributed by atoms with Crippen molar-refractivity contribution in [1.82, 2.24) is 9.99 Å². The molecule has 2 aromatic carbocycles. The first-order chi connectivity index (χ1) is 12.8. The Bertz CT molecular complexity index is 989. The minimum absolute atomic E-state index is 0.0676. The fourth-order valence-corrected chi connectivity index (χ4v) is 3.37. The molecule has 4 nitrogen and oxygen atoms in total. The summed E-state index contributed by atoms with van der Waals surface area (Å²) in [6.45, 7) is 11.6. The quantitative estimate of drug-likeness (QED) is 0.514. The van der Waals surface area contributed by atoms with E-state index < -0.39 is 0 Å². The van der Waals surface area contributed by atoms with Crippen molar-refractivity contribution in [2.24, 2.45) is 5.10 Å². The lowest BCUT2D eigenvalue weighted by Crippen LogP contribution is -2.18. The van der Waals surface area contributed by atoms with Crippen LogP contribution >= 0.6 is 0 Å². The van der Waals surface area contributed by atoms with Crippen molar-refractivity contribution >= 4 is 23.0 Å². The van der Waals surface area contributed by atoms with E-state index in [0.717, 1.165) is 23.2 Å². The summed E-state index contributed by atoms with van der Waals surface area (Å²) in [6.07, 6.45) is 1.74. The first kappa shape index (κ1) is 18.9. The molecule has 0 atom stereocenters. The van der Waals surface area contributed by atoms with Crippen molar-refractivity contribution in [1.29, 1.82) is 0 Å². The fraction of sp³-hybridized carbons (Fsp3) is 0.304. The Hall–Kier alpha value is -2.88. The fourth-order valence-electron chi connectivity index (χ4n) is 3.37. The number of nitrogens with one attached hydrogen (secondary N) is 1. The number of hydrazone groups is 1. The number of hydrogen-bond acceptors (Lipinski definition) is 2. The second-order valence-corrected chi connectivity index (χ2v) is 7.79. The number of aromatic nitrogens is 1. The van der Waals surface area contributed by atoms with Gasteiger partial charge in [-0.3, -0.25) is 4.79 Å². The molecule has 4 heteroatoms. The van der Waals surface area contributed by atoms with Gasteiger partial charge in [0, 0.05) is 34.3 Å². The number of para-hydroxylation sites is 1. The summed E-state index contributed by atoms with van der Waals surface area (Å²) >= 11 is 0. The van der Waals surface area contributed by atoms with Gasteiger partial charge in [0.25, 0.3) is 5.91 Å². The van der Waals surface area contributed by atoms with Gasteiger partial charge in [0.1, 0.15) is 0 Å². The van der Waals surface area contributed by atoms with Gasteiger partial charge in [-0.1, -0.05) is 51.1 Å². The van der Waals surface area contributed by atoms with Gasteiger partial charge >= 0.3 is 0 Å². The Morgan fingerprint density at radius 2 is 1.78 bits per heavy atom. The number of benzene rings is 2. The molecule has 3 aromatic rings. The van der Waals surface area contributed by atoms with Crippen molar-refractivity contribution in [3.05, 3.63) is 70.9 Å². The molecule has 140 valence electrons. The van der Waals surface area contributed by atoms with Crippen molar-refractivity contribution in [2.45, 2.75) is 46.6 Å². The Morgan fingerprint density at radius 1 is 1.11 bits per heavy atom. The van der Waals surface area contributed by atoms with Gasteiger partial charge in [-0.25, -0.2) is 5.43 Å².